The molecule has 0 radical (unpaired) electrons. The van der Waals surface area contributed by atoms with Crippen molar-refractivity contribution in [2.24, 2.45) is 5.10 Å². The smallest absolute Gasteiger partial charge is 0.258 e. The number of rotatable bonds is 12. The molecule has 3 amide bonds. The van der Waals surface area contributed by atoms with E-state index in [2.05, 4.69) is 21.2 Å². The predicted octanol–water partition coefficient (Wildman–Crippen LogP) is 1.59. The van der Waals surface area contributed by atoms with Crippen molar-refractivity contribution in [1.29, 1.82) is 0 Å². The SMILES string of the molecule is O=C(COc1ccc(C2=NNC(=O)CC2)cc1Cl)NCCNC(=O)Cc1ccc(OC[C@@H]2CO2)cc1. The molecule has 36 heavy (non-hydrogen) atoms. The summed E-state index contributed by atoms with van der Waals surface area (Å²) in [6.45, 7) is 1.62. The maximum atomic E-state index is 12.1. The normalized spacial score (nSPS) is 16.4. The summed E-state index contributed by atoms with van der Waals surface area (Å²) in [7, 11) is 0. The molecule has 2 aliphatic heterocycles. The fourth-order valence-electron chi connectivity index (χ4n) is 3.38. The van der Waals surface area contributed by atoms with Gasteiger partial charge in [0.15, 0.2) is 6.61 Å². The summed E-state index contributed by atoms with van der Waals surface area (Å²) in [5, 5.41) is 9.83. The van der Waals surface area contributed by atoms with E-state index in [1.807, 2.05) is 24.3 Å². The average molecular weight is 515 g/mol. The van der Waals surface area contributed by atoms with E-state index in [9.17, 15) is 14.4 Å². The third-order valence-corrected chi connectivity index (χ3v) is 5.72. The molecule has 0 bridgehead atoms. The van der Waals surface area contributed by atoms with E-state index in [-0.39, 0.29) is 43.4 Å². The van der Waals surface area contributed by atoms with Crippen LogP contribution in [-0.2, 0) is 25.5 Å². The van der Waals surface area contributed by atoms with Crippen LogP contribution in [0.2, 0.25) is 5.02 Å². The molecular weight excluding hydrogens is 488 g/mol. The molecule has 0 unspecified atom stereocenters. The number of nitrogens with zero attached hydrogens (tertiary/aromatic N) is 1. The molecule has 0 saturated carbocycles. The fourth-order valence-corrected chi connectivity index (χ4v) is 3.62. The van der Waals surface area contributed by atoms with Gasteiger partial charge in [-0.2, -0.15) is 5.10 Å². The average Bonchev–Trinajstić information content (AvgIpc) is 3.71. The second-order valence-electron chi connectivity index (χ2n) is 8.31. The van der Waals surface area contributed by atoms with Crippen molar-refractivity contribution in [2.45, 2.75) is 25.4 Å². The van der Waals surface area contributed by atoms with Gasteiger partial charge < -0.3 is 24.8 Å². The quantitative estimate of drug-likeness (QED) is 0.291. The van der Waals surface area contributed by atoms with Crippen LogP contribution in [-0.4, -0.2) is 62.4 Å². The Balaban J connectivity index is 1.11. The summed E-state index contributed by atoms with van der Waals surface area (Å²) in [5.74, 6) is 0.504. The van der Waals surface area contributed by atoms with Gasteiger partial charge in [-0.25, -0.2) is 5.43 Å². The zero-order valence-electron chi connectivity index (χ0n) is 19.6. The maximum Gasteiger partial charge on any atom is 0.258 e. The van der Waals surface area contributed by atoms with Gasteiger partial charge in [-0.3, -0.25) is 14.4 Å². The summed E-state index contributed by atoms with van der Waals surface area (Å²) in [6.07, 6.45) is 1.32. The zero-order valence-corrected chi connectivity index (χ0v) is 20.3. The van der Waals surface area contributed by atoms with Crippen molar-refractivity contribution in [1.82, 2.24) is 16.1 Å². The number of carbonyl (C=O) groups is 3. The number of carbonyl (C=O) groups excluding carboxylic acids is 3. The number of hydrogen-bond acceptors (Lipinski definition) is 7. The second kappa shape index (κ2) is 12.4. The molecule has 2 heterocycles. The highest BCUT2D eigenvalue weighted by atomic mass is 35.5. The number of benzene rings is 2. The molecule has 1 atom stereocenters. The van der Waals surface area contributed by atoms with Gasteiger partial charge >= 0.3 is 0 Å². The van der Waals surface area contributed by atoms with Crippen LogP contribution in [0.15, 0.2) is 47.6 Å². The molecule has 4 rings (SSSR count). The molecule has 2 aromatic carbocycles. The lowest BCUT2D eigenvalue weighted by molar-refractivity contribution is -0.124. The Hall–Kier alpha value is -3.63. The fraction of sp³-hybridized carbons (Fsp3) is 0.360. The molecule has 0 aliphatic carbocycles. The first-order valence-corrected chi connectivity index (χ1v) is 12.0. The molecule has 1 fully saturated rings. The van der Waals surface area contributed by atoms with Crippen LogP contribution < -0.4 is 25.5 Å². The summed E-state index contributed by atoms with van der Waals surface area (Å²) >= 11 is 6.27. The van der Waals surface area contributed by atoms with Crippen molar-refractivity contribution in [3.63, 3.8) is 0 Å². The third kappa shape index (κ3) is 7.96. The molecule has 1 saturated heterocycles. The minimum atomic E-state index is -0.337. The number of nitrogens with one attached hydrogen (secondary N) is 3. The lowest BCUT2D eigenvalue weighted by Gasteiger charge is -2.14. The third-order valence-electron chi connectivity index (χ3n) is 5.42. The first-order chi connectivity index (χ1) is 17.5. The largest absolute Gasteiger partial charge is 0.491 e. The van der Waals surface area contributed by atoms with Gasteiger partial charge in [-0.05, 0) is 41.5 Å². The lowest BCUT2D eigenvalue weighted by Crippen LogP contribution is -2.37. The van der Waals surface area contributed by atoms with E-state index in [0.29, 0.717) is 36.8 Å². The summed E-state index contributed by atoms with van der Waals surface area (Å²) in [4.78, 5) is 35.4. The van der Waals surface area contributed by atoms with E-state index in [1.54, 1.807) is 18.2 Å². The van der Waals surface area contributed by atoms with E-state index in [0.717, 1.165) is 29.2 Å². The summed E-state index contributed by atoms with van der Waals surface area (Å²) < 4.78 is 16.2. The number of epoxide rings is 1. The summed E-state index contributed by atoms with van der Waals surface area (Å²) in [5.41, 5.74) is 4.82. The molecule has 11 heteroatoms. The first-order valence-electron chi connectivity index (χ1n) is 11.6. The van der Waals surface area contributed by atoms with Crippen LogP contribution in [0.3, 0.4) is 0 Å². The second-order valence-corrected chi connectivity index (χ2v) is 8.72. The Labute approximate surface area is 213 Å². The molecule has 0 spiro atoms. The molecule has 2 aliphatic rings. The number of ether oxygens (including phenoxy) is 3. The maximum absolute atomic E-state index is 12.1. The molecule has 10 nitrogen and oxygen atoms in total. The minimum absolute atomic E-state index is 0.119. The van der Waals surface area contributed by atoms with Gasteiger partial charge in [0, 0.05) is 25.9 Å². The highest BCUT2D eigenvalue weighted by Crippen LogP contribution is 2.26. The lowest BCUT2D eigenvalue weighted by atomic mass is 10.0. The van der Waals surface area contributed by atoms with E-state index in [4.69, 9.17) is 25.8 Å². The van der Waals surface area contributed by atoms with Gasteiger partial charge in [0.25, 0.3) is 5.91 Å². The Morgan fingerprint density at radius 3 is 2.47 bits per heavy atom. The minimum Gasteiger partial charge on any atom is -0.491 e. The van der Waals surface area contributed by atoms with E-state index in [1.165, 1.54) is 0 Å². The number of hydrazone groups is 1. The Morgan fingerprint density at radius 1 is 1.06 bits per heavy atom. The van der Waals surface area contributed by atoms with Gasteiger partial charge in [0.05, 0.1) is 23.8 Å². The Kier molecular flexibility index (Phi) is 8.75. The molecule has 190 valence electrons. The highest BCUT2D eigenvalue weighted by molar-refractivity contribution is 6.32. The van der Waals surface area contributed by atoms with Gasteiger partial charge in [-0.1, -0.05) is 23.7 Å². The number of amides is 3. The monoisotopic (exact) mass is 514 g/mol. The highest BCUT2D eigenvalue weighted by Gasteiger charge is 2.23. The Morgan fingerprint density at radius 2 is 1.81 bits per heavy atom. The standard InChI is InChI=1S/C25H27ClN4O6/c26-20-12-17(21-6-8-23(31)30-29-21)3-7-22(20)36-15-25(33)28-10-9-27-24(32)11-16-1-4-18(5-2-16)34-13-19-14-35-19/h1-5,7,12,19H,6,8-11,13-15H2,(H,27,32)(H,28,33)(H,30,31)/t19-/m1/s1. The van der Waals surface area contributed by atoms with Crippen molar-refractivity contribution in [2.75, 3.05) is 32.9 Å². The van der Waals surface area contributed by atoms with Crippen LogP contribution in [0.4, 0.5) is 0 Å². The number of hydrogen-bond donors (Lipinski definition) is 3. The van der Waals surface area contributed by atoms with Crippen molar-refractivity contribution < 1.29 is 28.6 Å². The van der Waals surface area contributed by atoms with Crippen LogP contribution in [0.1, 0.15) is 24.0 Å². The molecule has 0 aromatic heterocycles. The van der Waals surface area contributed by atoms with E-state index >= 15 is 0 Å². The molecule has 3 N–H and O–H groups in total. The van der Waals surface area contributed by atoms with Crippen LogP contribution in [0.25, 0.3) is 0 Å². The Bertz CT molecular complexity index is 1130. The van der Waals surface area contributed by atoms with Crippen LogP contribution in [0, 0.1) is 0 Å². The first kappa shape index (κ1) is 25.5. The van der Waals surface area contributed by atoms with Gasteiger partial charge in [-0.15, -0.1) is 0 Å². The summed E-state index contributed by atoms with van der Waals surface area (Å²) in [6, 6.07) is 12.5. The van der Waals surface area contributed by atoms with Crippen LogP contribution in [0.5, 0.6) is 11.5 Å². The van der Waals surface area contributed by atoms with Crippen molar-refractivity contribution in [3.05, 3.63) is 58.6 Å². The van der Waals surface area contributed by atoms with E-state index < -0.39 is 0 Å². The van der Waals surface area contributed by atoms with Gasteiger partial charge in [0.1, 0.15) is 24.2 Å². The predicted molar refractivity (Wildman–Crippen MR) is 132 cm³/mol. The topological polar surface area (TPSA) is 131 Å². The number of halogens is 1. The molecule has 2 aromatic rings. The van der Waals surface area contributed by atoms with Crippen molar-refractivity contribution in [3.8, 4) is 11.5 Å². The van der Waals surface area contributed by atoms with Crippen molar-refractivity contribution >= 4 is 35.0 Å². The van der Waals surface area contributed by atoms with Crippen LogP contribution >= 0.6 is 11.6 Å². The molecular formula is C25H27ClN4O6. The zero-order chi connectivity index (χ0) is 25.3. The van der Waals surface area contributed by atoms with Gasteiger partial charge in [0.2, 0.25) is 11.8 Å².